The average molecular weight is 266 g/mol. The van der Waals surface area contributed by atoms with E-state index in [9.17, 15) is 0 Å². The monoisotopic (exact) mass is 266 g/mol. The topological polar surface area (TPSA) is 44.4 Å². The van der Waals surface area contributed by atoms with Gasteiger partial charge >= 0.3 is 0 Å². The van der Waals surface area contributed by atoms with Gasteiger partial charge in [0.25, 0.3) is 0 Å². The van der Waals surface area contributed by atoms with Crippen LogP contribution in [0.1, 0.15) is 19.5 Å². The fourth-order valence-electron chi connectivity index (χ4n) is 2.86. The SMILES string of the molecule is CN(Cc1ccn[nH]1)CC(C)(C)CN1CCOCC1. The highest BCUT2D eigenvalue weighted by Gasteiger charge is 2.24. The molecule has 19 heavy (non-hydrogen) atoms. The highest BCUT2D eigenvalue weighted by Crippen LogP contribution is 2.19. The van der Waals surface area contributed by atoms with Crippen LogP contribution in [0.4, 0.5) is 0 Å². The fourth-order valence-corrected chi connectivity index (χ4v) is 2.86. The fraction of sp³-hybridized carbons (Fsp3) is 0.786. The standard InChI is InChI=1S/C14H26N4O/c1-14(2,12-18-6-8-19-9-7-18)11-17(3)10-13-4-5-15-16-13/h4-5H,6-12H2,1-3H3,(H,15,16). The Bertz CT molecular complexity index is 358. The molecule has 2 rings (SSSR count). The molecule has 0 aromatic carbocycles. The minimum absolute atomic E-state index is 0.284. The van der Waals surface area contributed by atoms with E-state index in [-0.39, 0.29) is 5.41 Å². The lowest BCUT2D eigenvalue weighted by atomic mass is 9.91. The van der Waals surface area contributed by atoms with E-state index in [1.807, 2.05) is 12.3 Å². The normalized spacial score (nSPS) is 18.1. The van der Waals surface area contributed by atoms with Gasteiger partial charge in [-0.2, -0.15) is 5.10 Å². The van der Waals surface area contributed by atoms with Crippen LogP contribution in [0.25, 0.3) is 0 Å². The summed E-state index contributed by atoms with van der Waals surface area (Å²) in [4.78, 5) is 4.86. The van der Waals surface area contributed by atoms with E-state index >= 15 is 0 Å². The molecule has 0 aliphatic carbocycles. The lowest BCUT2D eigenvalue weighted by Crippen LogP contribution is -2.45. The van der Waals surface area contributed by atoms with Crippen LogP contribution in [0.2, 0.25) is 0 Å². The third-order valence-corrected chi connectivity index (χ3v) is 3.45. The van der Waals surface area contributed by atoms with E-state index in [2.05, 4.69) is 40.9 Å². The summed E-state index contributed by atoms with van der Waals surface area (Å²) in [5.74, 6) is 0. The van der Waals surface area contributed by atoms with Crippen LogP contribution in [0.5, 0.6) is 0 Å². The summed E-state index contributed by atoms with van der Waals surface area (Å²) < 4.78 is 5.40. The lowest BCUT2D eigenvalue weighted by molar-refractivity contribution is 0.0160. The third-order valence-electron chi connectivity index (χ3n) is 3.45. The van der Waals surface area contributed by atoms with Crippen LogP contribution >= 0.6 is 0 Å². The Morgan fingerprint density at radius 3 is 2.79 bits per heavy atom. The van der Waals surface area contributed by atoms with Gasteiger partial charge in [0.05, 0.1) is 13.2 Å². The number of hydrogen-bond acceptors (Lipinski definition) is 4. The van der Waals surface area contributed by atoms with Crippen molar-refractivity contribution in [3.63, 3.8) is 0 Å². The number of rotatable bonds is 6. The number of nitrogens with one attached hydrogen (secondary N) is 1. The number of aromatic amines is 1. The van der Waals surface area contributed by atoms with Gasteiger partial charge in [-0.1, -0.05) is 13.8 Å². The molecule has 0 radical (unpaired) electrons. The molecular weight excluding hydrogens is 240 g/mol. The number of morpholine rings is 1. The molecule has 0 unspecified atom stereocenters. The highest BCUT2D eigenvalue weighted by atomic mass is 16.5. The van der Waals surface area contributed by atoms with E-state index in [1.54, 1.807) is 0 Å². The van der Waals surface area contributed by atoms with E-state index in [0.717, 1.165) is 45.9 Å². The first-order valence-corrected chi connectivity index (χ1v) is 7.02. The minimum atomic E-state index is 0.284. The molecule has 1 fully saturated rings. The lowest BCUT2D eigenvalue weighted by Gasteiger charge is -2.37. The van der Waals surface area contributed by atoms with Crippen molar-refractivity contribution >= 4 is 0 Å². The number of hydrogen-bond donors (Lipinski definition) is 1. The van der Waals surface area contributed by atoms with Crippen molar-refractivity contribution in [2.45, 2.75) is 20.4 Å². The number of H-pyrrole nitrogens is 1. The van der Waals surface area contributed by atoms with Gasteiger partial charge in [0.15, 0.2) is 0 Å². The van der Waals surface area contributed by atoms with Gasteiger partial charge in [-0.05, 0) is 18.5 Å². The van der Waals surface area contributed by atoms with Gasteiger partial charge in [0, 0.05) is 44.6 Å². The average Bonchev–Trinajstić information content (AvgIpc) is 2.81. The Morgan fingerprint density at radius 2 is 2.16 bits per heavy atom. The summed E-state index contributed by atoms with van der Waals surface area (Å²) in [6.45, 7) is 11.7. The zero-order valence-corrected chi connectivity index (χ0v) is 12.4. The van der Waals surface area contributed by atoms with Crippen LogP contribution in [0.3, 0.4) is 0 Å². The highest BCUT2D eigenvalue weighted by molar-refractivity contribution is 4.97. The molecule has 0 atom stereocenters. The first kappa shape index (κ1) is 14.5. The maximum atomic E-state index is 5.40. The molecule has 108 valence electrons. The molecule has 2 heterocycles. The predicted octanol–water partition coefficient (Wildman–Crippen LogP) is 1.20. The maximum Gasteiger partial charge on any atom is 0.0594 e. The zero-order valence-electron chi connectivity index (χ0n) is 12.4. The zero-order chi connectivity index (χ0) is 13.7. The molecule has 0 saturated carbocycles. The summed E-state index contributed by atoms with van der Waals surface area (Å²) in [7, 11) is 2.17. The quantitative estimate of drug-likeness (QED) is 0.840. The van der Waals surface area contributed by atoms with Crippen molar-refractivity contribution in [2.24, 2.45) is 5.41 Å². The maximum absolute atomic E-state index is 5.40. The first-order chi connectivity index (χ1) is 9.05. The Labute approximate surface area is 115 Å². The van der Waals surface area contributed by atoms with Gasteiger partial charge in [-0.3, -0.25) is 14.9 Å². The minimum Gasteiger partial charge on any atom is -0.379 e. The molecule has 0 bridgehead atoms. The summed E-state index contributed by atoms with van der Waals surface area (Å²) in [6.07, 6.45) is 1.81. The van der Waals surface area contributed by atoms with Crippen molar-refractivity contribution in [2.75, 3.05) is 46.4 Å². The van der Waals surface area contributed by atoms with Gasteiger partial charge in [0.1, 0.15) is 0 Å². The van der Waals surface area contributed by atoms with Crippen LogP contribution in [-0.4, -0.2) is 66.4 Å². The van der Waals surface area contributed by atoms with Crippen LogP contribution in [-0.2, 0) is 11.3 Å². The molecule has 1 aromatic rings. The number of aromatic nitrogens is 2. The van der Waals surface area contributed by atoms with Crippen molar-refractivity contribution in [1.29, 1.82) is 0 Å². The molecule has 5 nitrogen and oxygen atoms in total. The largest absolute Gasteiger partial charge is 0.379 e. The van der Waals surface area contributed by atoms with E-state index < -0.39 is 0 Å². The van der Waals surface area contributed by atoms with Crippen molar-refractivity contribution in [1.82, 2.24) is 20.0 Å². The molecule has 5 heteroatoms. The summed E-state index contributed by atoms with van der Waals surface area (Å²) in [6, 6.07) is 2.03. The molecule has 1 N–H and O–H groups in total. The summed E-state index contributed by atoms with van der Waals surface area (Å²) >= 11 is 0. The van der Waals surface area contributed by atoms with Gasteiger partial charge in [-0.25, -0.2) is 0 Å². The second-order valence-corrected chi connectivity index (χ2v) is 6.31. The van der Waals surface area contributed by atoms with Crippen molar-refractivity contribution in [3.8, 4) is 0 Å². The van der Waals surface area contributed by atoms with Gasteiger partial charge < -0.3 is 4.74 Å². The van der Waals surface area contributed by atoms with Gasteiger partial charge in [0.2, 0.25) is 0 Å². The van der Waals surface area contributed by atoms with E-state index in [4.69, 9.17) is 4.74 Å². The Morgan fingerprint density at radius 1 is 1.42 bits per heavy atom. The van der Waals surface area contributed by atoms with Crippen molar-refractivity contribution in [3.05, 3.63) is 18.0 Å². The number of ether oxygens (including phenoxy) is 1. The third kappa shape index (κ3) is 4.93. The molecular formula is C14H26N4O. The molecule has 1 aromatic heterocycles. The molecule has 1 aliphatic heterocycles. The second-order valence-electron chi connectivity index (χ2n) is 6.31. The smallest absolute Gasteiger partial charge is 0.0594 e. The molecule has 1 saturated heterocycles. The number of nitrogens with zero attached hydrogens (tertiary/aromatic N) is 3. The molecule has 1 aliphatic rings. The van der Waals surface area contributed by atoms with Crippen LogP contribution in [0.15, 0.2) is 12.3 Å². The predicted molar refractivity (Wildman–Crippen MR) is 76.0 cm³/mol. The Balaban J connectivity index is 1.78. The Hall–Kier alpha value is -0.910. The van der Waals surface area contributed by atoms with Crippen molar-refractivity contribution < 1.29 is 4.74 Å². The summed E-state index contributed by atoms with van der Waals surface area (Å²) in [5.41, 5.74) is 1.45. The van der Waals surface area contributed by atoms with E-state index in [0.29, 0.717) is 0 Å². The van der Waals surface area contributed by atoms with Crippen LogP contribution in [0, 0.1) is 5.41 Å². The Kier molecular flexibility index (Phi) is 4.96. The van der Waals surface area contributed by atoms with Crippen LogP contribution < -0.4 is 0 Å². The van der Waals surface area contributed by atoms with E-state index in [1.165, 1.54) is 5.69 Å². The second kappa shape index (κ2) is 6.50. The molecule has 0 spiro atoms. The molecule has 0 amide bonds. The van der Waals surface area contributed by atoms with Gasteiger partial charge in [-0.15, -0.1) is 0 Å². The first-order valence-electron chi connectivity index (χ1n) is 7.02. The summed E-state index contributed by atoms with van der Waals surface area (Å²) in [5, 5.41) is 7.01.